The molecule has 0 spiro atoms. The lowest BCUT2D eigenvalue weighted by molar-refractivity contribution is 0.101. The van der Waals surface area contributed by atoms with Gasteiger partial charge in [0.1, 0.15) is 11.6 Å². The molecule has 0 saturated heterocycles. The van der Waals surface area contributed by atoms with Gasteiger partial charge in [0.15, 0.2) is 5.78 Å². The molecule has 1 aromatic carbocycles. The Balaban J connectivity index is 2.61. The standard InChI is InChI=1S/C12H11FN2O2/c1-8(16)9-5-12(17-2)11(6-10(9)13)15-4-3-14-7-15/h3-7H,1-2H3. The number of methoxy groups -OCH3 is 1. The van der Waals surface area contributed by atoms with E-state index in [0.717, 1.165) is 0 Å². The molecule has 1 aromatic heterocycles. The molecule has 5 heteroatoms. The van der Waals surface area contributed by atoms with Gasteiger partial charge in [-0.3, -0.25) is 4.79 Å². The number of halogens is 1. The van der Waals surface area contributed by atoms with Crippen LogP contribution in [0.4, 0.5) is 4.39 Å². The summed E-state index contributed by atoms with van der Waals surface area (Å²) in [5.74, 6) is -0.477. The minimum Gasteiger partial charge on any atom is -0.495 e. The number of hydrogen-bond acceptors (Lipinski definition) is 3. The molecule has 0 radical (unpaired) electrons. The number of ketones is 1. The Hall–Kier alpha value is -2.17. The summed E-state index contributed by atoms with van der Waals surface area (Å²) < 4.78 is 20.5. The Kier molecular flexibility index (Phi) is 2.91. The van der Waals surface area contributed by atoms with E-state index < -0.39 is 5.82 Å². The molecule has 0 unspecified atom stereocenters. The zero-order valence-corrected chi connectivity index (χ0v) is 9.48. The zero-order valence-electron chi connectivity index (χ0n) is 9.48. The second-order valence-electron chi connectivity index (χ2n) is 3.53. The van der Waals surface area contributed by atoms with E-state index in [4.69, 9.17) is 4.74 Å². The quantitative estimate of drug-likeness (QED) is 0.765. The first-order chi connectivity index (χ1) is 8.13. The number of Topliss-reactive ketones (excluding diaryl/α,β-unsaturated/α-hetero) is 1. The molecule has 0 N–H and O–H groups in total. The van der Waals surface area contributed by atoms with E-state index in [-0.39, 0.29) is 11.3 Å². The SMILES string of the molecule is COc1cc(C(C)=O)c(F)cc1-n1ccnc1. The van der Waals surface area contributed by atoms with Crippen molar-refractivity contribution in [2.75, 3.05) is 7.11 Å². The van der Waals surface area contributed by atoms with Crippen LogP contribution < -0.4 is 4.74 Å². The number of carbonyl (C=O) groups excluding carboxylic acids is 1. The van der Waals surface area contributed by atoms with Crippen LogP contribution in [0.15, 0.2) is 30.9 Å². The fraction of sp³-hybridized carbons (Fsp3) is 0.167. The lowest BCUT2D eigenvalue weighted by atomic mass is 10.1. The molecule has 17 heavy (non-hydrogen) atoms. The molecule has 4 nitrogen and oxygen atoms in total. The molecule has 0 saturated carbocycles. The molecular weight excluding hydrogens is 223 g/mol. The van der Waals surface area contributed by atoms with Gasteiger partial charge in [-0.1, -0.05) is 0 Å². The van der Waals surface area contributed by atoms with Crippen LogP contribution in [0.2, 0.25) is 0 Å². The van der Waals surface area contributed by atoms with E-state index >= 15 is 0 Å². The fourth-order valence-corrected chi connectivity index (χ4v) is 1.58. The second kappa shape index (κ2) is 4.37. The lowest BCUT2D eigenvalue weighted by Gasteiger charge is -2.11. The van der Waals surface area contributed by atoms with Crippen LogP contribution in [0.25, 0.3) is 5.69 Å². The summed E-state index contributed by atoms with van der Waals surface area (Å²) in [6.07, 6.45) is 4.78. The number of imidazole rings is 1. The summed E-state index contributed by atoms with van der Waals surface area (Å²) in [7, 11) is 1.47. The first-order valence-electron chi connectivity index (χ1n) is 5.00. The summed E-state index contributed by atoms with van der Waals surface area (Å²) >= 11 is 0. The maximum Gasteiger partial charge on any atom is 0.162 e. The molecule has 0 fully saturated rings. The van der Waals surface area contributed by atoms with Gasteiger partial charge < -0.3 is 9.30 Å². The van der Waals surface area contributed by atoms with E-state index in [1.807, 2.05) is 0 Å². The average Bonchev–Trinajstić information content (AvgIpc) is 2.81. The number of carbonyl (C=O) groups is 1. The minimum atomic E-state index is -0.568. The van der Waals surface area contributed by atoms with Crippen molar-refractivity contribution in [3.05, 3.63) is 42.2 Å². The molecule has 0 aliphatic carbocycles. The average molecular weight is 234 g/mol. The lowest BCUT2D eigenvalue weighted by Crippen LogP contribution is -2.03. The third kappa shape index (κ3) is 2.04. The highest BCUT2D eigenvalue weighted by molar-refractivity contribution is 5.95. The van der Waals surface area contributed by atoms with Crippen molar-refractivity contribution in [2.24, 2.45) is 0 Å². The number of benzene rings is 1. The highest BCUT2D eigenvalue weighted by atomic mass is 19.1. The largest absolute Gasteiger partial charge is 0.495 e. The van der Waals surface area contributed by atoms with E-state index in [2.05, 4.69) is 4.98 Å². The third-order valence-corrected chi connectivity index (χ3v) is 2.43. The Labute approximate surface area is 97.7 Å². The number of hydrogen-bond donors (Lipinski definition) is 0. The van der Waals surface area contributed by atoms with Crippen molar-refractivity contribution in [1.29, 1.82) is 0 Å². The van der Waals surface area contributed by atoms with Gasteiger partial charge in [0, 0.05) is 18.5 Å². The van der Waals surface area contributed by atoms with Crippen LogP contribution >= 0.6 is 0 Å². The molecule has 0 amide bonds. The van der Waals surface area contributed by atoms with Gasteiger partial charge in [0.2, 0.25) is 0 Å². The Morgan fingerprint density at radius 3 is 2.76 bits per heavy atom. The maximum absolute atomic E-state index is 13.7. The molecule has 0 atom stereocenters. The topological polar surface area (TPSA) is 44.1 Å². The molecule has 2 rings (SSSR count). The summed E-state index contributed by atoms with van der Waals surface area (Å²) in [4.78, 5) is 15.1. The van der Waals surface area contributed by atoms with Gasteiger partial charge in [-0.25, -0.2) is 9.37 Å². The maximum atomic E-state index is 13.7. The van der Waals surface area contributed by atoms with Gasteiger partial charge in [0.25, 0.3) is 0 Å². The molecule has 0 aliphatic heterocycles. The number of ether oxygens (including phenoxy) is 1. The van der Waals surface area contributed by atoms with Crippen molar-refractivity contribution in [3.8, 4) is 11.4 Å². The predicted molar refractivity (Wildman–Crippen MR) is 60.1 cm³/mol. The minimum absolute atomic E-state index is 0.0192. The van der Waals surface area contributed by atoms with Crippen molar-refractivity contribution < 1.29 is 13.9 Å². The highest BCUT2D eigenvalue weighted by Crippen LogP contribution is 2.26. The summed E-state index contributed by atoms with van der Waals surface area (Å²) in [6.45, 7) is 1.31. The molecule has 2 aromatic rings. The second-order valence-corrected chi connectivity index (χ2v) is 3.53. The van der Waals surface area contributed by atoms with Crippen molar-refractivity contribution in [2.45, 2.75) is 6.92 Å². The van der Waals surface area contributed by atoms with Gasteiger partial charge in [-0.05, 0) is 13.0 Å². The molecule has 0 bridgehead atoms. The van der Waals surface area contributed by atoms with Crippen LogP contribution in [0, 0.1) is 5.82 Å². The monoisotopic (exact) mass is 234 g/mol. The van der Waals surface area contributed by atoms with E-state index in [9.17, 15) is 9.18 Å². The number of aromatic nitrogens is 2. The molecule has 88 valence electrons. The summed E-state index contributed by atoms with van der Waals surface area (Å²) in [5, 5.41) is 0. The van der Waals surface area contributed by atoms with E-state index in [0.29, 0.717) is 11.4 Å². The van der Waals surface area contributed by atoms with Crippen LogP contribution in [0.5, 0.6) is 5.75 Å². The van der Waals surface area contributed by atoms with Crippen LogP contribution in [-0.4, -0.2) is 22.4 Å². The van der Waals surface area contributed by atoms with Crippen molar-refractivity contribution >= 4 is 5.78 Å². The number of nitrogens with zero attached hydrogens (tertiary/aromatic N) is 2. The van der Waals surface area contributed by atoms with Crippen LogP contribution in [0.1, 0.15) is 17.3 Å². The fourth-order valence-electron chi connectivity index (χ4n) is 1.58. The summed E-state index contributed by atoms with van der Waals surface area (Å²) in [5.41, 5.74) is 0.526. The summed E-state index contributed by atoms with van der Waals surface area (Å²) in [6, 6.07) is 2.66. The molecule has 1 heterocycles. The normalized spacial score (nSPS) is 10.3. The van der Waals surface area contributed by atoms with Gasteiger partial charge in [-0.2, -0.15) is 0 Å². The van der Waals surface area contributed by atoms with E-state index in [1.54, 1.807) is 17.0 Å². The Bertz CT molecular complexity index is 550. The van der Waals surface area contributed by atoms with E-state index in [1.165, 1.54) is 32.5 Å². The third-order valence-electron chi connectivity index (χ3n) is 2.43. The Morgan fingerprint density at radius 2 is 2.24 bits per heavy atom. The van der Waals surface area contributed by atoms with Crippen molar-refractivity contribution in [3.63, 3.8) is 0 Å². The first kappa shape index (κ1) is 11.3. The predicted octanol–water partition coefficient (Wildman–Crippen LogP) is 2.22. The van der Waals surface area contributed by atoms with Gasteiger partial charge in [-0.15, -0.1) is 0 Å². The number of rotatable bonds is 3. The smallest absolute Gasteiger partial charge is 0.162 e. The van der Waals surface area contributed by atoms with Gasteiger partial charge in [0.05, 0.1) is 24.7 Å². The molecular formula is C12H11FN2O2. The van der Waals surface area contributed by atoms with Crippen LogP contribution in [-0.2, 0) is 0 Å². The van der Waals surface area contributed by atoms with Gasteiger partial charge >= 0.3 is 0 Å². The highest BCUT2D eigenvalue weighted by Gasteiger charge is 2.14. The molecule has 0 aliphatic rings. The Morgan fingerprint density at radius 1 is 1.47 bits per heavy atom. The van der Waals surface area contributed by atoms with Crippen molar-refractivity contribution in [1.82, 2.24) is 9.55 Å². The van der Waals surface area contributed by atoms with Crippen LogP contribution in [0.3, 0.4) is 0 Å². The first-order valence-corrected chi connectivity index (χ1v) is 5.00. The zero-order chi connectivity index (χ0) is 12.4.